The first kappa shape index (κ1) is 15.7. The van der Waals surface area contributed by atoms with Gasteiger partial charge in [0.25, 0.3) is 0 Å². The van der Waals surface area contributed by atoms with Crippen LogP contribution in [0.2, 0.25) is 0 Å². The molecule has 0 fully saturated rings. The molecular weight excluding hydrogens is 265 g/mol. The summed E-state index contributed by atoms with van der Waals surface area (Å²) in [6.45, 7) is 5.12. The summed E-state index contributed by atoms with van der Waals surface area (Å²) in [6, 6.07) is 9.33. The minimum Gasteiger partial charge on any atom is -0.319 e. The van der Waals surface area contributed by atoms with E-state index in [1.807, 2.05) is 24.0 Å². The van der Waals surface area contributed by atoms with Crippen molar-refractivity contribution in [3.05, 3.63) is 53.6 Å². The highest BCUT2D eigenvalue weighted by molar-refractivity contribution is 5.23. The molecule has 4 heteroatoms. The molecule has 0 aliphatic heterocycles. The molecular formula is C17H24FN3. The maximum atomic E-state index is 13.4. The zero-order valence-electron chi connectivity index (χ0n) is 13.0. The summed E-state index contributed by atoms with van der Waals surface area (Å²) >= 11 is 0. The summed E-state index contributed by atoms with van der Waals surface area (Å²) in [5, 5.41) is 7.84. The van der Waals surface area contributed by atoms with Crippen LogP contribution in [0.3, 0.4) is 0 Å². The van der Waals surface area contributed by atoms with Crippen molar-refractivity contribution in [3.63, 3.8) is 0 Å². The van der Waals surface area contributed by atoms with E-state index in [2.05, 4.69) is 30.3 Å². The standard InChI is InChI=1S/C17H24FN3/c1-4-13(2)21-9-8-17(20-21)11-15(12-19-3)14-6-5-7-16(18)10-14/h5-10,13,15,19H,4,11-12H2,1-3H3. The summed E-state index contributed by atoms with van der Waals surface area (Å²) < 4.78 is 15.4. The van der Waals surface area contributed by atoms with E-state index in [0.717, 1.165) is 30.6 Å². The Morgan fingerprint density at radius 2 is 2.14 bits per heavy atom. The first-order valence-electron chi connectivity index (χ1n) is 7.58. The summed E-state index contributed by atoms with van der Waals surface area (Å²) in [7, 11) is 1.92. The summed E-state index contributed by atoms with van der Waals surface area (Å²) in [5.41, 5.74) is 2.07. The van der Waals surface area contributed by atoms with Crippen LogP contribution in [-0.2, 0) is 6.42 Å². The number of nitrogens with zero attached hydrogens (tertiary/aromatic N) is 2. The van der Waals surface area contributed by atoms with Gasteiger partial charge in [0.1, 0.15) is 5.82 Å². The van der Waals surface area contributed by atoms with Gasteiger partial charge in [-0.15, -0.1) is 0 Å². The van der Waals surface area contributed by atoms with Crippen LogP contribution in [-0.4, -0.2) is 23.4 Å². The number of halogens is 1. The van der Waals surface area contributed by atoms with Crippen LogP contribution in [0.4, 0.5) is 4.39 Å². The molecule has 3 nitrogen and oxygen atoms in total. The van der Waals surface area contributed by atoms with E-state index in [9.17, 15) is 4.39 Å². The highest BCUT2D eigenvalue weighted by atomic mass is 19.1. The second-order valence-electron chi connectivity index (χ2n) is 5.56. The molecule has 114 valence electrons. The van der Waals surface area contributed by atoms with Gasteiger partial charge in [0.15, 0.2) is 0 Å². The van der Waals surface area contributed by atoms with Crippen LogP contribution in [0.5, 0.6) is 0 Å². The fourth-order valence-electron chi connectivity index (χ4n) is 2.49. The topological polar surface area (TPSA) is 29.9 Å². The number of likely N-dealkylation sites (N-methyl/N-ethyl adjacent to an activating group) is 1. The molecule has 2 aromatic rings. The number of rotatable bonds is 7. The second kappa shape index (κ2) is 7.36. The number of nitrogens with one attached hydrogen (secondary N) is 1. The van der Waals surface area contributed by atoms with Crippen LogP contribution in [0, 0.1) is 5.82 Å². The average molecular weight is 289 g/mol. The Morgan fingerprint density at radius 3 is 2.81 bits per heavy atom. The molecule has 21 heavy (non-hydrogen) atoms. The average Bonchev–Trinajstić information content (AvgIpc) is 2.94. The third kappa shape index (κ3) is 4.14. The lowest BCUT2D eigenvalue weighted by molar-refractivity contribution is 0.471. The van der Waals surface area contributed by atoms with Gasteiger partial charge in [-0.05, 0) is 50.6 Å². The zero-order valence-corrected chi connectivity index (χ0v) is 13.0. The van der Waals surface area contributed by atoms with Crippen LogP contribution in [0.15, 0.2) is 36.5 Å². The molecule has 1 heterocycles. The highest BCUT2D eigenvalue weighted by Gasteiger charge is 2.14. The van der Waals surface area contributed by atoms with Crippen molar-refractivity contribution in [2.45, 2.75) is 38.6 Å². The van der Waals surface area contributed by atoms with Crippen LogP contribution < -0.4 is 5.32 Å². The van der Waals surface area contributed by atoms with Crippen molar-refractivity contribution < 1.29 is 4.39 Å². The lowest BCUT2D eigenvalue weighted by Crippen LogP contribution is -2.19. The molecule has 0 bridgehead atoms. The van der Waals surface area contributed by atoms with Crippen molar-refractivity contribution in [2.24, 2.45) is 0 Å². The summed E-state index contributed by atoms with van der Waals surface area (Å²) in [6.07, 6.45) is 3.91. The molecule has 0 saturated carbocycles. The van der Waals surface area contributed by atoms with E-state index in [0.29, 0.717) is 6.04 Å². The maximum Gasteiger partial charge on any atom is 0.123 e. The highest BCUT2D eigenvalue weighted by Crippen LogP contribution is 2.21. The fraction of sp³-hybridized carbons (Fsp3) is 0.471. The van der Waals surface area contributed by atoms with E-state index in [4.69, 9.17) is 0 Å². The molecule has 2 rings (SSSR count). The van der Waals surface area contributed by atoms with Gasteiger partial charge in [-0.25, -0.2) is 4.39 Å². The Morgan fingerprint density at radius 1 is 1.33 bits per heavy atom. The van der Waals surface area contributed by atoms with E-state index in [1.54, 1.807) is 12.1 Å². The lowest BCUT2D eigenvalue weighted by Gasteiger charge is -2.16. The normalized spacial score (nSPS) is 14.1. The lowest BCUT2D eigenvalue weighted by atomic mass is 9.94. The molecule has 1 aromatic carbocycles. The molecule has 0 amide bonds. The number of benzene rings is 1. The summed E-state index contributed by atoms with van der Waals surface area (Å²) in [5.74, 6) is 0.0460. The van der Waals surface area contributed by atoms with E-state index in [-0.39, 0.29) is 11.7 Å². The van der Waals surface area contributed by atoms with Crippen LogP contribution in [0.1, 0.15) is 43.5 Å². The monoisotopic (exact) mass is 289 g/mol. The quantitative estimate of drug-likeness (QED) is 0.845. The zero-order chi connectivity index (χ0) is 15.2. The van der Waals surface area contributed by atoms with Crippen LogP contribution >= 0.6 is 0 Å². The molecule has 0 aliphatic rings. The third-order valence-electron chi connectivity index (χ3n) is 3.93. The van der Waals surface area contributed by atoms with Crippen molar-refractivity contribution in [2.75, 3.05) is 13.6 Å². The predicted molar refractivity (Wildman–Crippen MR) is 84.0 cm³/mol. The minimum atomic E-state index is -0.182. The molecule has 1 N–H and O–H groups in total. The molecule has 1 aromatic heterocycles. The molecule has 0 saturated heterocycles. The second-order valence-corrected chi connectivity index (χ2v) is 5.56. The molecule has 2 unspecified atom stereocenters. The van der Waals surface area contributed by atoms with Crippen molar-refractivity contribution in [3.8, 4) is 0 Å². The van der Waals surface area contributed by atoms with Gasteiger partial charge >= 0.3 is 0 Å². The van der Waals surface area contributed by atoms with Crippen molar-refractivity contribution in [1.82, 2.24) is 15.1 Å². The molecule has 0 aliphatic carbocycles. The van der Waals surface area contributed by atoms with Gasteiger partial charge in [-0.3, -0.25) is 4.68 Å². The Hall–Kier alpha value is -1.68. The Bertz CT molecular complexity index is 565. The molecule has 0 spiro atoms. The maximum absolute atomic E-state index is 13.4. The van der Waals surface area contributed by atoms with E-state index < -0.39 is 0 Å². The van der Waals surface area contributed by atoms with Gasteiger partial charge in [0, 0.05) is 24.7 Å². The Labute approximate surface area is 126 Å². The third-order valence-corrected chi connectivity index (χ3v) is 3.93. The van der Waals surface area contributed by atoms with Gasteiger partial charge in [-0.1, -0.05) is 19.1 Å². The minimum absolute atomic E-state index is 0.182. The number of hydrogen-bond donors (Lipinski definition) is 1. The van der Waals surface area contributed by atoms with Crippen molar-refractivity contribution >= 4 is 0 Å². The first-order valence-corrected chi connectivity index (χ1v) is 7.58. The smallest absolute Gasteiger partial charge is 0.123 e. The number of aromatic nitrogens is 2. The van der Waals surface area contributed by atoms with E-state index in [1.165, 1.54) is 6.07 Å². The van der Waals surface area contributed by atoms with E-state index >= 15 is 0 Å². The Kier molecular flexibility index (Phi) is 5.51. The van der Waals surface area contributed by atoms with Gasteiger partial charge in [0.2, 0.25) is 0 Å². The fourth-order valence-corrected chi connectivity index (χ4v) is 2.49. The van der Waals surface area contributed by atoms with Crippen LogP contribution in [0.25, 0.3) is 0 Å². The first-order chi connectivity index (χ1) is 10.1. The van der Waals surface area contributed by atoms with Gasteiger partial charge < -0.3 is 5.32 Å². The predicted octanol–water partition coefficient (Wildman–Crippen LogP) is 3.54. The van der Waals surface area contributed by atoms with Crippen molar-refractivity contribution in [1.29, 1.82) is 0 Å². The number of hydrogen-bond acceptors (Lipinski definition) is 2. The van der Waals surface area contributed by atoms with Gasteiger partial charge in [0.05, 0.1) is 5.69 Å². The molecule has 0 radical (unpaired) electrons. The van der Waals surface area contributed by atoms with Gasteiger partial charge in [-0.2, -0.15) is 5.10 Å². The Balaban J connectivity index is 2.14. The molecule has 2 atom stereocenters. The largest absolute Gasteiger partial charge is 0.319 e. The summed E-state index contributed by atoms with van der Waals surface area (Å²) in [4.78, 5) is 0. The SMILES string of the molecule is CCC(C)n1ccc(CC(CNC)c2cccc(F)c2)n1.